The first kappa shape index (κ1) is 29.5. The summed E-state index contributed by atoms with van der Waals surface area (Å²) in [5.41, 5.74) is 0.987. The number of urea groups is 1. The van der Waals surface area contributed by atoms with E-state index >= 15 is 0 Å². The van der Waals surface area contributed by atoms with E-state index in [1.165, 1.54) is 32.1 Å². The summed E-state index contributed by atoms with van der Waals surface area (Å²) in [7, 11) is 1.95. The number of halogens is 1. The van der Waals surface area contributed by atoms with E-state index in [0.717, 1.165) is 37.9 Å². The van der Waals surface area contributed by atoms with E-state index in [-0.39, 0.29) is 24.1 Å². The number of carbonyl (C=O) groups excluding carboxylic acids is 2. The molecule has 37 heavy (non-hydrogen) atoms. The van der Waals surface area contributed by atoms with E-state index < -0.39 is 6.09 Å². The van der Waals surface area contributed by atoms with Crippen molar-refractivity contribution in [1.82, 2.24) is 20.9 Å². The lowest BCUT2D eigenvalue weighted by atomic mass is 9.85. The molecule has 1 aromatic carbocycles. The van der Waals surface area contributed by atoms with Crippen molar-refractivity contribution in [3.05, 3.63) is 34.9 Å². The Balaban J connectivity index is 1.61. The number of ether oxygens (including phenoxy) is 2. The number of amides is 3. The Hall–Kier alpha value is -2.03. The predicted molar refractivity (Wildman–Crippen MR) is 147 cm³/mol. The van der Waals surface area contributed by atoms with Crippen molar-refractivity contribution in [3.63, 3.8) is 0 Å². The Kier molecular flexibility index (Phi) is 12.8. The van der Waals surface area contributed by atoms with E-state index in [0.29, 0.717) is 37.2 Å². The van der Waals surface area contributed by atoms with Crippen molar-refractivity contribution >= 4 is 23.7 Å². The van der Waals surface area contributed by atoms with Gasteiger partial charge in [-0.15, -0.1) is 0 Å². The zero-order valence-corrected chi connectivity index (χ0v) is 23.2. The van der Waals surface area contributed by atoms with Gasteiger partial charge in [-0.1, -0.05) is 55.8 Å². The molecule has 3 atom stereocenters. The molecule has 0 bridgehead atoms. The number of alkyl carbamates (subject to hydrolysis) is 1. The molecule has 9 heteroatoms. The fourth-order valence-electron chi connectivity index (χ4n) is 5.68. The molecule has 1 aromatic rings. The van der Waals surface area contributed by atoms with E-state index in [2.05, 4.69) is 16.0 Å². The SMILES string of the molecule is CCOC(=O)NCCOC(c1cccc(Cl)c1)[C@@H]1CCCN(C(=O)N[C@H](CNC)CC2CCCCC2)C1. The second-order valence-electron chi connectivity index (χ2n) is 10.3. The van der Waals surface area contributed by atoms with Gasteiger partial charge < -0.3 is 30.3 Å². The lowest BCUT2D eigenvalue weighted by molar-refractivity contribution is -0.00877. The Morgan fingerprint density at radius 3 is 2.70 bits per heavy atom. The lowest BCUT2D eigenvalue weighted by Gasteiger charge is -2.38. The summed E-state index contributed by atoms with van der Waals surface area (Å²) in [5, 5.41) is 9.94. The Labute approximate surface area is 227 Å². The van der Waals surface area contributed by atoms with Gasteiger partial charge in [0, 0.05) is 43.2 Å². The first-order valence-corrected chi connectivity index (χ1v) is 14.4. The highest BCUT2D eigenvalue weighted by molar-refractivity contribution is 6.30. The van der Waals surface area contributed by atoms with Crippen LogP contribution in [0.4, 0.5) is 9.59 Å². The molecule has 8 nitrogen and oxygen atoms in total. The monoisotopic (exact) mass is 536 g/mol. The molecule has 1 aliphatic heterocycles. The van der Waals surface area contributed by atoms with Crippen LogP contribution in [0.15, 0.2) is 24.3 Å². The predicted octanol–water partition coefficient (Wildman–Crippen LogP) is 5.12. The second-order valence-corrected chi connectivity index (χ2v) is 10.7. The molecule has 1 unspecified atom stereocenters. The standard InChI is InChI=1S/C28H45ClN4O4/c1-3-36-28(35)31-14-16-37-26(22-11-7-13-24(29)18-22)23-12-8-15-33(20-23)27(34)32-25(19-30-2)17-21-9-5-4-6-10-21/h7,11,13,18,21,23,25-26,30H,3-6,8-10,12,14-17,19-20H2,1-2H3,(H,31,35)(H,32,34)/t23-,25+,26?/m1/s1. The minimum atomic E-state index is -0.449. The fourth-order valence-corrected chi connectivity index (χ4v) is 5.88. The highest BCUT2D eigenvalue weighted by Gasteiger charge is 2.32. The number of hydrogen-bond acceptors (Lipinski definition) is 5. The molecular weight excluding hydrogens is 492 g/mol. The number of carbonyl (C=O) groups is 2. The number of nitrogens with one attached hydrogen (secondary N) is 3. The number of piperidine rings is 1. The van der Waals surface area contributed by atoms with Crippen LogP contribution in [-0.4, -0.2) is 69.5 Å². The van der Waals surface area contributed by atoms with Gasteiger partial charge in [0.05, 0.1) is 19.3 Å². The van der Waals surface area contributed by atoms with E-state index in [1.807, 2.05) is 36.2 Å². The highest BCUT2D eigenvalue weighted by Crippen LogP contribution is 2.34. The molecule has 208 valence electrons. The van der Waals surface area contributed by atoms with Crippen LogP contribution in [0.2, 0.25) is 5.02 Å². The maximum absolute atomic E-state index is 13.3. The second kappa shape index (κ2) is 16.0. The molecule has 1 aliphatic carbocycles. The van der Waals surface area contributed by atoms with Gasteiger partial charge in [0.2, 0.25) is 0 Å². The maximum atomic E-state index is 13.3. The maximum Gasteiger partial charge on any atom is 0.407 e. The normalized spacial score (nSPS) is 20.2. The molecule has 3 amide bonds. The number of benzene rings is 1. The summed E-state index contributed by atoms with van der Waals surface area (Å²) in [5.74, 6) is 0.826. The lowest BCUT2D eigenvalue weighted by Crippen LogP contribution is -2.52. The zero-order valence-electron chi connectivity index (χ0n) is 22.5. The summed E-state index contributed by atoms with van der Waals surface area (Å²) in [6.07, 6.45) is 8.71. The fraction of sp³-hybridized carbons (Fsp3) is 0.714. The van der Waals surface area contributed by atoms with Crippen molar-refractivity contribution in [2.75, 3.05) is 46.4 Å². The minimum absolute atomic E-state index is 0.00887. The van der Waals surface area contributed by atoms with Gasteiger partial charge in [-0.05, 0) is 56.8 Å². The molecule has 3 N–H and O–H groups in total. The van der Waals surface area contributed by atoms with Crippen LogP contribution in [0.3, 0.4) is 0 Å². The van der Waals surface area contributed by atoms with Gasteiger partial charge >= 0.3 is 12.1 Å². The molecule has 1 saturated heterocycles. The molecule has 1 heterocycles. The third kappa shape index (κ3) is 9.98. The van der Waals surface area contributed by atoms with Gasteiger partial charge in [-0.25, -0.2) is 9.59 Å². The topological polar surface area (TPSA) is 91.9 Å². The van der Waals surface area contributed by atoms with Crippen LogP contribution in [0.25, 0.3) is 0 Å². The number of likely N-dealkylation sites (tertiary alicyclic amines) is 1. The van der Waals surface area contributed by atoms with E-state index in [4.69, 9.17) is 21.1 Å². The number of nitrogens with zero attached hydrogens (tertiary/aromatic N) is 1. The summed E-state index contributed by atoms with van der Waals surface area (Å²) in [6, 6.07) is 7.86. The van der Waals surface area contributed by atoms with Crippen LogP contribution >= 0.6 is 11.6 Å². The van der Waals surface area contributed by atoms with Crippen molar-refractivity contribution in [2.45, 2.75) is 70.4 Å². The molecule has 0 aromatic heterocycles. The first-order chi connectivity index (χ1) is 18.0. The smallest absolute Gasteiger partial charge is 0.407 e. The number of rotatable bonds is 12. The van der Waals surface area contributed by atoms with Gasteiger partial charge in [0.15, 0.2) is 0 Å². The Morgan fingerprint density at radius 2 is 1.97 bits per heavy atom. The average Bonchev–Trinajstić information content (AvgIpc) is 2.89. The molecule has 0 spiro atoms. The van der Waals surface area contributed by atoms with Crippen molar-refractivity contribution in [1.29, 1.82) is 0 Å². The Bertz CT molecular complexity index is 836. The third-order valence-electron chi connectivity index (χ3n) is 7.42. The summed E-state index contributed by atoms with van der Waals surface area (Å²) >= 11 is 6.30. The third-order valence-corrected chi connectivity index (χ3v) is 7.65. The molecule has 3 rings (SSSR count). The molecule has 2 fully saturated rings. The van der Waals surface area contributed by atoms with Gasteiger partial charge in [0.25, 0.3) is 0 Å². The van der Waals surface area contributed by atoms with E-state index in [9.17, 15) is 9.59 Å². The largest absolute Gasteiger partial charge is 0.450 e. The zero-order chi connectivity index (χ0) is 26.5. The van der Waals surface area contributed by atoms with Crippen LogP contribution in [0, 0.1) is 11.8 Å². The quantitative estimate of drug-likeness (QED) is 0.322. The Morgan fingerprint density at radius 1 is 1.16 bits per heavy atom. The molecule has 1 saturated carbocycles. The van der Waals surface area contributed by atoms with Crippen LogP contribution in [0.1, 0.15) is 70.0 Å². The van der Waals surface area contributed by atoms with Gasteiger partial charge in [0.1, 0.15) is 0 Å². The van der Waals surface area contributed by atoms with Crippen LogP contribution < -0.4 is 16.0 Å². The van der Waals surface area contributed by atoms with Crippen molar-refractivity contribution in [3.8, 4) is 0 Å². The molecule has 2 aliphatic rings. The van der Waals surface area contributed by atoms with Gasteiger partial charge in [-0.2, -0.15) is 0 Å². The summed E-state index contributed by atoms with van der Waals surface area (Å²) in [4.78, 5) is 26.9. The average molecular weight is 537 g/mol. The first-order valence-electron chi connectivity index (χ1n) is 14.0. The molecule has 0 radical (unpaired) electrons. The van der Waals surface area contributed by atoms with Crippen molar-refractivity contribution in [2.24, 2.45) is 11.8 Å². The number of hydrogen-bond donors (Lipinski definition) is 3. The van der Waals surface area contributed by atoms with Crippen molar-refractivity contribution < 1.29 is 19.1 Å². The van der Waals surface area contributed by atoms with Crippen LogP contribution in [0.5, 0.6) is 0 Å². The number of likely N-dealkylation sites (N-methyl/N-ethyl adjacent to an activating group) is 1. The van der Waals surface area contributed by atoms with Crippen LogP contribution in [-0.2, 0) is 9.47 Å². The minimum Gasteiger partial charge on any atom is -0.450 e. The van der Waals surface area contributed by atoms with Gasteiger partial charge in [-0.3, -0.25) is 0 Å². The van der Waals surface area contributed by atoms with E-state index in [1.54, 1.807) is 6.92 Å². The summed E-state index contributed by atoms with van der Waals surface area (Å²) in [6.45, 7) is 4.92. The molecular formula is C28H45ClN4O4. The highest BCUT2D eigenvalue weighted by atomic mass is 35.5. The summed E-state index contributed by atoms with van der Waals surface area (Å²) < 4.78 is 11.2.